The Labute approximate surface area is 210 Å². The molecule has 1 fully saturated rings. The number of benzene rings is 2. The molecule has 0 radical (unpaired) electrons. The Morgan fingerprint density at radius 2 is 1.83 bits per heavy atom. The van der Waals surface area contributed by atoms with Crippen LogP contribution in [0.2, 0.25) is 0 Å². The first-order chi connectivity index (χ1) is 17.5. The summed E-state index contributed by atoms with van der Waals surface area (Å²) < 4.78 is 8.45. The number of carbonyl (C=O) groups is 1. The third-order valence-electron chi connectivity index (χ3n) is 6.63. The van der Waals surface area contributed by atoms with Crippen LogP contribution in [0.5, 0.6) is 5.75 Å². The molecule has 2 amide bonds. The minimum Gasteiger partial charge on any atom is -0.488 e. The number of urea groups is 1. The van der Waals surface area contributed by atoms with Crippen molar-refractivity contribution >= 4 is 22.9 Å². The first-order valence-electron chi connectivity index (χ1n) is 12.4. The van der Waals surface area contributed by atoms with Crippen LogP contribution in [0.4, 0.5) is 10.6 Å². The van der Waals surface area contributed by atoms with Crippen LogP contribution in [-0.2, 0) is 6.61 Å². The van der Waals surface area contributed by atoms with Gasteiger partial charge in [0, 0.05) is 36.0 Å². The number of nitrogens with two attached hydrogens (primary N) is 1. The summed E-state index contributed by atoms with van der Waals surface area (Å²) in [6, 6.07) is 18.4. The Morgan fingerprint density at radius 1 is 1.08 bits per heavy atom. The Morgan fingerprint density at radius 3 is 2.61 bits per heavy atom. The fourth-order valence-electron chi connectivity index (χ4n) is 4.79. The van der Waals surface area contributed by atoms with Crippen LogP contribution in [0.25, 0.3) is 22.2 Å². The van der Waals surface area contributed by atoms with Gasteiger partial charge in [0.05, 0.1) is 5.39 Å². The van der Waals surface area contributed by atoms with E-state index in [1.165, 1.54) is 6.33 Å². The van der Waals surface area contributed by atoms with E-state index in [-0.39, 0.29) is 18.1 Å². The summed E-state index contributed by atoms with van der Waals surface area (Å²) in [6.07, 6.45) is 5.56. The molecule has 186 valence electrons. The zero-order valence-electron chi connectivity index (χ0n) is 20.6. The summed E-state index contributed by atoms with van der Waals surface area (Å²) in [6.45, 7) is 5.04. The number of hydrogen-bond acceptors (Lipinski definition) is 5. The molecule has 1 aliphatic rings. The van der Waals surface area contributed by atoms with E-state index in [0.717, 1.165) is 46.3 Å². The molecule has 0 unspecified atom stereocenters. The lowest BCUT2D eigenvalue weighted by Gasteiger charge is -2.36. The van der Waals surface area contributed by atoms with E-state index in [9.17, 15) is 4.79 Å². The fraction of sp³-hybridized carbons (Fsp3) is 0.321. The molecule has 0 spiro atoms. The zero-order valence-corrected chi connectivity index (χ0v) is 20.6. The van der Waals surface area contributed by atoms with Crippen molar-refractivity contribution in [1.82, 2.24) is 25.2 Å². The first-order valence-corrected chi connectivity index (χ1v) is 12.4. The number of fused-ring (bicyclic) bond motifs is 1. The molecule has 1 aliphatic carbocycles. The average Bonchev–Trinajstić information content (AvgIpc) is 3.22. The van der Waals surface area contributed by atoms with Gasteiger partial charge in [0.25, 0.3) is 0 Å². The molecule has 8 nitrogen and oxygen atoms in total. The van der Waals surface area contributed by atoms with Crippen LogP contribution in [0.15, 0.2) is 67.1 Å². The number of nitrogen functional groups attached to an aromatic ring is 1. The van der Waals surface area contributed by atoms with Crippen LogP contribution >= 0.6 is 0 Å². The standard InChI is InChI=1S/C28H32N6O2/c1-18(2)33-28(35)30-14-20-12-21(13-20)34-15-23(25-26(29)31-17-32-27(25)34)22-10-6-7-11-24(22)36-16-19-8-4-3-5-9-19/h3-11,15,17-18,20-21H,12-14,16H2,1-2H3,(H2,29,31,32)(H2,30,33,35). The summed E-state index contributed by atoms with van der Waals surface area (Å²) in [4.78, 5) is 20.8. The Kier molecular flexibility index (Phi) is 6.75. The predicted octanol–water partition coefficient (Wildman–Crippen LogP) is 4.92. The number of carbonyl (C=O) groups excluding carboxylic acids is 1. The summed E-state index contributed by atoms with van der Waals surface area (Å²) in [7, 11) is 0. The van der Waals surface area contributed by atoms with Crippen LogP contribution in [-0.4, -0.2) is 33.2 Å². The molecule has 0 saturated heterocycles. The molecule has 4 N–H and O–H groups in total. The summed E-state index contributed by atoms with van der Waals surface area (Å²) in [5.41, 5.74) is 10.2. The number of ether oxygens (including phenoxy) is 1. The Hall–Kier alpha value is -4.07. The molecule has 8 heteroatoms. The van der Waals surface area contributed by atoms with Gasteiger partial charge in [-0.2, -0.15) is 0 Å². The smallest absolute Gasteiger partial charge is 0.314 e. The van der Waals surface area contributed by atoms with E-state index in [1.807, 2.05) is 56.3 Å². The summed E-state index contributed by atoms with van der Waals surface area (Å²) >= 11 is 0. The van der Waals surface area contributed by atoms with Crippen molar-refractivity contribution in [3.05, 3.63) is 72.7 Å². The van der Waals surface area contributed by atoms with Gasteiger partial charge < -0.3 is 25.7 Å². The van der Waals surface area contributed by atoms with Crippen LogP contribution < -0.4 is 21.1 Å². The van der Waals surface area contributed by atoms with Crippen molar-refractivity contribution in [1.29, 1.82) is 0 Å². The van der Waals surface area contributed by atoms with Crippen LogP contribution in [0.3, 0.4) is 0 Å². The maximum atomic E-state index is 11.9. The molecular formula is C28H32N6O2. The Bertz CT molecular complexity index is 1340. The highest BCUT2D eigenvalue weighted by molar-refractivity contribution is 6.01. The number of amides is 2. The monoisotopic (exact) mass is 484 g/mol. The highest BCUT2D eigenvalue weighted by atomic mass is 16.5. The molecule has 2 heterocycles. The lowest BCUT2D eigenvalue weighted by Crippen LogP contribution is -2.43. The fourth-order valence-corrected chi connectivity index (χ4v) is 4.79. The predicted molar refractivity (Wildman–Crippen MR) is 142 cm³/mol. The molecule has 0 bridgehead atoms. The highest BCUT2D eigenvalue weighted by Gasteiger charge is 2.33. The van der Waals surface area contributed by atoms with Crippen LogP contribution in [0, 0.1) is 5.92 Å². The quantitative estimate of drug-likeness (QED) is 0.329. The normalized spacial score (nSPS) is 17.1. The van der Waals surface area contributed by atoms with Gasteiger partial charge >= 0.3 is 6.03 Å². The molecule has 2 aromatic heterocycles. The van der Waals surface area contributed by atoms with Gasteiger partial charge in [-0.1, -0.05) is 48.5 Å². The van der Waals surface area contributed by atoms with E-state index in [1.54, 1.807) is 0 Å². The minimum atomic E-state index is -0.116. The van der Waals surface area contributed by atoms with E-state index < -0.39 is 0 Å². The largest absolute Gasteiger partial charge is 0.488 e. The zero-order chi connectivity index (χ0) is 25.1. The van der Waals surface area contributed by atoms with Crippen molar-refractivity contribution in [3.63, 3.8) is 0 Å². The van der Waals surface area contributed by atoms with E-state index in [4.69, 9.17) is 10.5 Å². The second-order valence-corrected chi connectivity index (χ2v) is 9.68. The Balaban J connectivity index is 1.38. The maximum Gasteiger partial charge on any atom is 0.314 e. The number of aromatic nitrogens is 3. The molecule has 1 saturated carbocycles. The lowest BCUT2D eigenvalue weighted by molar-refractivity contribution is 0.192. The van der Waals surface area contributed by atoms with Gasteiger partial charge in [-0.3, -0.25) is 0 Å². The van der Waals surface area contributed by atoms with Crippen molar-refractivity contribution in [3.8, 4) is 16.9 Å². The van der Waals surface area contributed by atoms with E-state index in [2.05, 4.69) is 43.5 Å². The third-order valence-corrected chi connectivity index (χ3v) is 6.63. The van der Waals surface area contributed by atoms with Crippen LogP contribution in [0.1, 0.15) is 38.3 Å². The average molecular weight is 485 g/mol. The van der Waals surface area contributed by atoms with Gasteiger partial charge in [0.15, 0.2) is 0 Å². The number of nitrogens with zero attached hydrogens (tertiary/aromatic N) is 3. The molecule has 0 aliphatic heterocycles. The van der Waals surface area contributed by atoms with Crippen molar-refractivity contribution < 1.29 is 9.53 Å². The highest BCUT2D eigenvalue weighted by Crippen LogP contribution is 2.44. The topological polar surface area (TPSA) is 107 Å². The van der Waals surface area contributed by atoms with Crippen molar-refractivity contribution in [2.75, 3.05) is 12.3 Å². The third kappa shape index (κ3) is 4.98. The second-order valence-electron chi connectivity index (χ2n) is 9.68. The first kappa shape index (κ1) is 23.7. The number of rotatable bonds is 8. The molecule has 0 atom stereocenters. The second kappa shape index (κ2) is 10.3. The van der Waals surface area contributed by atoms with Gasteiger partial charge in [-0.05, 0) is 44.2 Å². The molecule has 2 aromatic carbocycles. The van der Waals surface area contributed by atoms with Crippen molar-refractivity contribution in [2.45, 2.75) is 45.4 Å². The van der Waals surface area contributed by atoms with Gasteiger partial charge in [0.1, 0.15) is 30.1 Å². The van der Waals surface area contributed by atoms with Gasteiger partial charge in [-0.15, -0.1) is 0 Å². The van der Waals surface area contributed by atoms with E-state index in [0.29, 0.717) is 24.9 Å². The molecular weight excluding hydrogens is 452 g/mol. The minimum absolute atomic E-state index is 0.116. The number of hydrogen-bond donors (Lipinski definition) is 3. The SMILES string of the molecule is CC(C)NC(=O)NCC1CC(n2cc(-c3ccccc3OCc3ccccc3)c3c(N)ncnc32)C1. The van der Waals surface area contributed by atoms with Gasteiger partial charge in [0.2, 0.25) is 0 Å². The number of nitrogens with one attached hydrogen (secondary N) is 2. The summed E-state index contributed by atoms with van der Waals surface area (Å²) in [5.74, 6) is 1.67. The van der Waals surface area contributed by atoms with Crippen molar-refractivity contribution in [2.24, 2.45) is 5.92 Å². The molecule has 5 rings (SSSR count). The summed E-state index contributed by atoms with van der Waals surface area (Å²) in [5, 5.41) is 6.69. The lowest BCUT2D eigenvalue weighted by atomic mass is 9.80. The van der Waals surface area contributed by atoms with E-state index >= 15 is 0 Å². The maximum absolute atomic E-state index is 11.9. The number of anilines is 1. The van der Waals surface area contributed by atoms with Gasteiger partial charge in [-0.25, -0.2) is 14.8 Å². The molecule has 36 heavy (non-hydrogen) atoms. The number of para-hydroxylation sites is 1. The molecule has 4 aromatic rings.